The Kier molecular flexibility index (Phi) is 4.88. The number of carbonyl (C=O) groups excluding carboxylic acids is 1. The van der Waals surface area contributed by atoms with Crippen molar-refractivity contribution >= 4 is 46.2 Å². The van der Waals surface area contributed by atoms with Crippen molar-refractivity contribution in [2.75, 3.05) is 0 Å². The summed E-state index contributed by atoms with van der Waals surface area (Å²) >= 11 is 7.38. The summed E-state index contributed by atoms with van der Waals surface area (Å²) in [7, 11) is 0. The van der Waals surface area contributed by atoms with E-state index in [-0.39, 0.29) is 5.91 Å². The molecule has 1 aromatic heterocycles. The molecule has 0 unspecified atom stereocenters. The van der Waals surface area contributed by atoms with Crippen LogP contribution in [0.4, 0.5) is 5.69 Å². The molecule has 0 spiro atoms. The topological polar surface area (TPSA) is 46.4 Å². The summed E-state index contributed by atoms with van der Waals surface area (Å²) < 4.78 is 2.04. The molecule has 2 heterocycles. The maximum atomic E-state index is 12.4. The van der Waals surface area contributed by atoms with E-state index in [1.807, 2.05) is 78.4 Å². The molecule has 1 aliphatic rings. The third-order valence-corrected chi connectivity index (χ3v) is 5.28. The number of halogens is 1. The molecule has 2 aromatic carbocycles. The summed E-state index contributed by atoms with van der Waals surface area (Å²) in [6, 6.07) is 19.5. The highest BCUT2D eigenvalue weighted by Crippen LogP contribution is 2.30. The Balaban J connectivity index is 1.63. The molecule has 6 heteroatoms. The van der Waals surface area contributed by atoms with E-state index in [1.54, 1.807) is 6.07 Å². The predicted octanol–water partition coefficient (Wildman–Crippen LogP) is 5.33. The standard InChI is InChI=1S/C21H16ClN3OS/c1-14-9-10-15(22)12-18(14)23-21-24-20(26)19(27-21)13-17-8-5-11-25(17)16-6-3-2-4-7-16/h2-13H,1H3,(H,23,24,26)/b19-13-. The molecule has 3 aromatic rings. The van der Waals surface area contributed by atoms with Crippen LogP contribution in [0.25, 0.3) is 11.8 Å². The van der Waals surface area contributed by atoms with Gasteiger partial charge in [-0.2, -0.15) is 0 Å². The van der Waals surface area contributed by atoms with Crippen molar-refractivity contribution in [3.63, 3.8) is 0 Å². The average Bonchev–Trinajstić information content (AvgIpc) is 3.26. The second kappa shape index (κ2) is 7.47. The van der Waals surface area contributed by atoms with Gasteiger partial charge in [-0.1, -0.05) is 35.9 Å². The number of rotatable bonds is 3. The quantitative estimate of drug-likeness (QED) is 0.611. The molecule has 1 aliphatic heterocycles. The van der Waals surface area contributed by atoms with Crippen molar-refractivity contribution in [1.29, 1.82) is 0 Å². The molecule has 1 saturated heterocycles. The van der Waals surface area contributed by atoms with Gasteiger partial charge in [-0.25, -0.2) is 4.99 Å². The largest absolute Gasteiger partial charge is 0.317 e. The molecule has 0 aliphatic carbocycles. The van der Waals surface area contributed by atoms with Crippen molar-refractivity contribution in [3.05, 3.63) is 88.0 Å². The van der Waals surface area contributed by atoms with Gasteiger partial charge in [0.2, 0.25) is 0 Å². The lowest BCUT2D eigenvalue weighted by molar-refractivity contribution is -0.115. The van der Waals surface area contributed by atoms with E-state index in [0.29, 0.717) is 15.1 Å². The molecule has 4 nitrogen and oxygen atoms in total. The van der Waals surface area contributed by atoms with Crippen molar-refractivity contribution in [1.82, 2.24) is 9.88 Å². The summed E-state index contributed by atoms with van der Waals surface area (Å²) in [6.45, 7) is 1.96. The van der Waals surface area contributed by atoms with Crippen LogP contribution >= 0.6 is 23.4 Å². The van der Waals surface area contributed by atoms with E-state index in [1.165, 1.54) is 11.8 Å². The molecule has 1 N–H and O–H groups in total. The molecule has 1 amide bonds. The number of nitrogens with one attached hydrogen (secondary N) is 1. The summed E-state index contributed by atoms with van der Waals surface area (Å²) in [5.74, 6) is -0.153. The third kappa shape index (κ3) is 3.84. The zero-order chi connectivity index (χ0) is 18.8. The van der Waals surface area contributed by atoms with Crippen molar-refractivity contribution in [3.8, 4) is 5.69 Å². The maximum Gasteiger partial charge on any atom is 0.264 e. The molecule has 0 atom stereocenters. The van der Waals surface area contributed by atoms with E-state index in [2.05, 4.69) is 10.3 Å². The van der Waals surface area contributed by atoms with Crippen LogP contribution in [-0.4, -0.2) is 15.6 Å². The Hall–Kier alpha value is -2.76. The lowest BCUT2D eigenvalue weighted by Gasteiger charge is -2.06. The Morgan fingerprint density at radius 3 is 2.74 bits per heavy atom. The number of carbonyl (C=O) groups is 1. The number of nitrogens with zero attached hydrogens (tertiary/aromatic N) is 2. The average molecular weight is 394 g/mol. The number of aryl methyl sites for hydroxylation is 1. The minimum atomic E-state index is -0.153. The zero-order valence-corrected chi connectivity index (χ0v) is 16.1. The van der Waals surface area contributed by atoms with E-state index < -0.39 is 0 Å². The molecule has 0 saturated carbocycles. The Bertz CT molecular complexity index is 1070. The first-order valence-electron chi connectivity index (χ1n) is 8.39. The molecule has 134 valence electrons. The Morgan fingerprint density at radius 1 is 1.11 bits per heavy atom. The van der Waals surface area contributed by atoms with Gasteiger partial charge in [0.25, 0.3) is 5.91 Å². The first kappa shape index (κ1) is 17.6. The normalized spacial score (nSPS) is 16.9. The van der Waals surface area contributed by atoms with Gasteiger partial charge in [0.05, 0.1) is 10.6 Å². The molecule has 4 rings (SSSR count). The maximum absolute atomic E-state index is 12.4. The SMILES string of the molecule is Cc1ccc(Cl)cc1N=C1NC(=O)/C(=C/c2cccn2-c2ccccc2)S1. The number of amides is 1. The Labute approximate surface area is 166 Å². The second-order valence-corrected chi connectivity index (χ2v) is 7.52. The fourth-order valence-corrected chi connectivity index (χ4v) is 3.75. The number of amidine groups is 1. The number of aliphatic imine (C=N–C) groups is 1. The minimum Gasteiger partial charge on any atom is -0.317 e. The monoisotopic (exact) mass is 393 g/mol. The van der Waals surface area contributed by atoms with Crippen LogP contribution in [-0.2, 0) is 4.79 Å². The number of para-hydroxylation sites is 1. The molecule has 1 fully saturated rings. The van der Waals surface area contributed by atoms with Gasteiger partial charge < -0.3 is 9.88 Å². The highest BCUT2D eigenvalue weighted by atomic mass is 35.5. The first-order chi connectivity index (χ1) is 13.1. The minimum absolute atomic E-state index is 0.153. The summed E-state index contributed by atoms with van der Waals surface area (Å²) in [5, 5.41) is 3.99. The highest BCUT2D eigenvalue weighted by Gasteiger charge is 2.24. The van der Waals surface area contributed by atoms with Gasteiger partial charge in [-0.05, 0) is 66.7 Å². The van der Waals surface area contributed by atoms with E-state index in [9.17, 15) is 4.79 Å². The zero-order valence-electron chi connectivity index (χ0n) is 14.5. The fraction of sp³-hybridized carbons (Fsp3) is 0.0476. The molecule has 0 bridgehead atoms. The van der Waals surface area contributed by atoms with Crippen LogP contribution in [0.3, 0.4) is 0 Å². The van der Waals surface area contributed by atoms with Gasteiger partial charge in [0.15, 0.2) is 5.17 Å². The lowest BCUT2D eigenvalue weighted by atomic mass is 10.2. The van der Waals surface area contributed by atoms with Crippen LogP contribution in [0.5, 0.6) is 0 Å². The molecular weight excluding hydrogens is 378 g/mol. The summed E-state index contributed by atoms with van der Waals surface area (Å²) in [6.07, 6.45) is 3.85. The van der Waals surface area contributed by atoms with Crippen molar-refractivity contribution in [2.24, 2.45) is 4.99 Å². The van der Waals surface area contributed by atoms with Crippen molar-refractivity contribution < 1.29 is 4.79 Å². The number of aromatic nitrogens is 1. The van der Waals surface area contributed by atoms with Crippen LogP contribution in [0.15, 0.2) is 76.8 Å². The Morgan fingerprint density at radius 2 is 1.93 bits per heavy atom. The van der Waals surface area contributed by atoms with E-state index in [4.69, 9.17) is 11.6 Å². The van der Waals surface area contributed by atoms with Crippen LogP contribution in [0.2, 0.25) is 5.02 Å². The van der Waals surface area contributed by atoms with Gasteiger partial charge in [0.1, 0.15) is 0 Å². The van der Waals surface area contributed by atoms with Gasteiger partial charge >= 0.3 is 0 Å². The molecule has 0 radical (unpaired) electrons. The van der Waals surface area contributed by atoms with Gasteiger partial charge in [-0.15, -0.1) is 0 Å². The fourth-order valence-electron chi connectivity index (χ4n) is 2.76. The lowest BCUT2D eigenvalue weighted by Crippen LogP contribution is -2.19. The van der Waals surface area contributed by atoms with Gasteiger partial charge in [-0.3, -0.25) is 4.79 Å². The second-order valence-electron chi connectivity index (χ2n) is 6.05. The van der Waals surface area contributed by atoms with Crippen LogP contribution in [0, 0.1) is 6.92 Å². The van der Waals surface area contributed by atoms with E-state index >= 15 is 0 Å². The van der Waals surface area contributed by atoms with Crippen LogP contribution in [0.1, 0.15) is 11.3 Å². The van der Waals surface area contributed by atoms with Crippen molar-refractivity contribution in [2.45, 2.75) is 6.92 Å². The first-order valence-corrected chi connectivity index (χ1v) is 9.58. The number of thioether (sulfide) groups is 1. The number of hydrogen-bond donors (Lipinski definition) is 1. The molecular formula is C21H16ClN3OS. The highest BCUT2D eigenvalue weighted by molar-refractivity contribution is 8.18. The smallest absolute Gasteiger partial charge is 0.264 e. The van der Waals surface area contributed by atoms with E-state index in [0.717, 1.165) is 22.6 Å². The predicted molar refractivity (Wildman–Crippen MR) is 113 cm³/mol. The summed E-state index contributed by atoms with van der Waals surface area (Å²) in [5.41, 5.74) is 3.72. The van der Waals surface area contributed by atoms with Gasteiger partial charge in [0, 0.05) is 22.6 Å². The third-order valence-electron chi connectivity index (χ3n) is 4.14. The summed E-state index contributed by atoms with van der Waals surface area (Å²) in [4.78, 5) is 17.5. The number of hydrogen-bond acceptors (Lipinski definition) is 3. The van der Waals surface area contributed by atoms with Crippen LogP contribution < -0.4 is 5.32 Å². The molecule has 27 heavy (non-hydrogen) atoms. The number of benzene rings is 2.